The van der Waals surface area contributed by atoms with Crippen LogP contribution in [0.15, 0.2) is 24.3 Å². The van der Waals surface area contributed by atoms with E-state index in [0.717, 1.165) is 24.9 Å². The van der Waals surface area contributed by atoms with Gasteiger partial charge in [-0.15, -0.1) is 0 Å². The molecule has 7 nitrogen and oxygen atoms in total. The maximum absolute atomic E-state index is 13.2. The van der Waals surface area contributed by atoms with Crippen molar-refractivity contribution in [2.24, 2.45) is 11.8 Å². The minimum Gasteiger partial charge on any atom is -0.378 e. The van der Waals surface area contributed by atoms with Crippen LogP contribution in [0.5, 0.6) is 0 Å². The SMILES string of the molecule is CCc1ccc(N2CC(C(=O)N3CCCC(C(=O)N4CCOCC4)C3)CC2=O)cc1. The van der Waals surface area contributed by atoms with Crippen molar-refractivity contribution in [3.63, 3.8) is 0 Å². The standard InChI is InChI=1S/C23H31N3O4/c1-2-17-5-7-20(8-6-17)26-16-19(14-21(26)27)23(29)25-9-3-4-18(15-25)22(28)24-10-12-30-13-11-24/h5-8,18-19H,2-4,9-16H2,1H3. The molecule has 1 aromatic carbocycles. The first-order valence-electron chi connectivity index (χ1n) is 11.1. The Morgan fingerprint density at radius 1 is 0.967 bits per heavy atom. The van der Waals surface area contributed by atoms with E-state index < -0.39 is 0 Å². The van der Waals surface area contributed by atoms with Gasteiger partial charge >= 0.3 is 0 Å². The van der Waals surface area contributed by atoms with Crippen molar-refractivity contribution in [1.82, 2.24) is 9.80 Å². The lowest BCUT2D eigenvalue weighted by Crippen LogP contribution is -2.50. The minimum absolute atomic E-state index is 0.00412. The molecule has 0 aliphatic carbocycles. The summed E-state index contributed by atoms with van der Waals surface area (Å²) in [6, 6.07) is 7.98. The number of ether oxygens (including phenoxy) is 1. The van der Waals surface area contributed by atoms with Crippen molar-refractivity contribution in [1.29, 1.82) is 0 Å². The molecule has 4 rings (SSSR count). The van der Waals surface area contributed by atoms with Crippen molar-refractivity contribution in [2.45, 2.75) is 32.6 Å². The van der Waals surface area contributed by atoms with Gasteiger partial charge in [0.15, 0.2) is 0 Å². The second kappa shape index (κ2) is 9.16. The van der Waals surface area contributed by atoms with E-state index in [2.05, 4.69) is 6.92 Å². The summed E-state index contributed by atoms with van der Waals surface area (Å²) in [7, 11) is 0. The molecule has 0 bridgehead atoms. The molecule has 162 valence electrons. The van der Waals surface area contributed by atoms with E-state index in [0.29, 0.717) is 45.9 Å². The molecule has 1 aromatic rings. The third kappa shape index (κ3) is 4.36. The van der Waals surface area contributed by atoms with Gasteiger partial charge in [0.2, 0.25) is 17.7 Å². The predicted molar refractivity (Wildman–Crippen MR) is 113 cm³/mol. The molecule has 2 unspecified atom stereocenters. The van der Waals surface area contributed by atoms with E-state index in [1.165, 1.54) is 5.56 Å². The Balaban J connectivity index is 1.37. The van der Waals surface area contributed by atoms with Gasteiger partial charge in [-0.05, 0) is 37.0 Å². The molecule has 0 aromatic heterocycles. The Kier molecular flexibility index (Phi) is 6.37. The molecule has 3 aliphatic heterocycles. The second-order valence-corrected chi connectivity index (χ2v) is 8.49. The quantitative estimate of drug-likeness (QED) is 0.753. The molecule has 3 fully saturated rings. The van der Waals surface area contributed by atoms with Crippen LogP contribution in [0.25, 0.3) is 0 Å². The van der Waals surface area contributed by atoms with E-state index in [4.69, 9.17) is 4.74 Å². The predicted octanol–water partition coefficient (Wildman–Crippen LogP) is 1.70. The fraction of sp³-hybridized carbons (Fsp3) is 0.609. The number of amides is 3. The Hall–Kier alpha value is -2.41. The van der Waals surface area contributed by atoms with Gasteiger partial charge in [-0.1, -0.05) is 19.1 Å². The summed E-state index contributed by atoms with van der Waals surface area (Å²) < 4.78 is 5.34. The van der Waals surface area contributed by atoms with Gasteiger partial charge in [-0.3, -0.25) is 14.4 Å². The summed E-state index contributed by atoms with van der Waals surface area (Å²) >= 11 is 0. The number of piperidine rings is 1. The summed E-state index contributed by atoms with van der Waals surface area (Å²) in [5.41, 5.74) is 2.08. The maximum Gasteiger partial charge on any atom is 0.228 e. The Morgan fingerprint density at radius 2 is 1.67 bits per heavy atom. The number of hydrogen-bond donors (Lipinski definition) is 0. The summed E-state index contributed by atoms with van der Waals surface area (Å²) in [6.07, 6.45) is 2.84. The lowest BCUT2D eigenvalue weighted by molar-refractivity contribution is -0.145. The van der Waals surface area contributed by atoms with Gasteiger partial charge in [0.1, 0.15) is 0 Å². The zero-order valence-electron chi connectivity index (χ0n) is 17.7. The molecule has 2 atom stereocenters. The molecule has 3 aliphatic rings. The highest BCUT2D eigenvalue weighted by Gasteiger charge is 2.39. The third-order valence-electron chi connectivity index (χ3n) is 6.54. The van der Waals surface area contributed by atoms with Crippen molar-refractivity contribution in [3.8, 4) is 0 Å². The number of rotatable bonds is 4. The lowest BCUT2D eigenvalue weighted by atomic mass is 9.94. The van der Waals surface area contributed by atoms with Crippen LogP contribution in [0.1, 0.15) is 31.7 Å². The highest BCUT2D eigenvalue weighted by atomic mass is 16.5. The van der Waals surface area contributed by atoms with Crippen molar-refractivity contribution < 1.29 is 19.1 Å². The molecule has 7 heteroatoms. The number of carbonyl (C=O) groups is 3. The number of morpholine rings is 1. The molecule has 0 N–H and O–H groups in total. The minimum atomic E-state index is -0.333. The monoisotopic (exact) mass is 413 g/mol. The Bertz CT molecular complexity index is 788. The molecule has 0 saturated carbocycles. The first-order chi connectivity index (χ1) is 14.6. The van der Waals surface area contributed by atoms with Gasteiger partial charge in [-0.2, -0.15) is 0 Å². The van der Waals surface area contributed by atoms with Crippen LogP contribution in [0.3, 0.4) is 0 Å². The number of likely N-dealkylation sites (tertiary alicyclic amines) is 1. The molecular weight excluding hydrogens is 382 g/mol. The smallest absolute Gasteiger partial charge is 0.228 e. The lowest BCUT2D eigenvalue weighted by Gasteiger charge is -2.37. The summed E-state index contributed by atoms with van der Waals surface area (Å²) in [5, 5.41) is 0. The van der Waals surface area contributed by atoms with Crippen LogP contribution in [-0.4, -0.2) is 73.5 Å². The van der Waals surface area contributed by atoms with E-state index in [1.54, 1.807) is 4.90 Å². The van der Waals surface area contributed by atoms with E-state index in [-0.39, 0.29) is 36.0 Å². The highest BCUT2D eigenvalue weighted by molar-refractivity contribution is 6.00. The molecule has 0 spiro atoms. The zero-order valence-corrected chi connectivity index (χ0v) is 17.7. The van der Waals surface area contributed by atoms with Crippen LogP contribution in [0.4, 0.5) is 5.69 Å². The highest BCUT2D eigenvalue weighted by Crippen LogP contribution is 2.28. The largest absolute Gasteiger partial charge is 0.378 e. The molecule has 30 heavy (non-hydrogen) atoms. The maximum atomic E-state index is 13.2. The van der Waals surface area contributed by atoms with E-state index >= 15 is 0 Å². The van der Waals surface area contributed by atoms with Gasteiger partial charge in [-0.25, -0.2) is 0 Å². The Labute approximate surface area is 177 Å². The number of benzene rings is 1. The van der Waals surface area contributed by atoms with Crippen LogP contribution >= 0.6 is 0 Å². The van der Waals surface area contributed by atoms with Crippen LogP contribution in [0.2, 0.25) is 0 Å². The molecule has 0 radical (unpaired) electrons. The average molecular weight is 414 g/mol. The third-order valence-corrected chi connectivity index (χ3v) is 6.54. The second-order valence-electron chi connectivity index (χ2n) is 8.49. The molecule has 3 heterocycles. The first kappa shape index (κ1) is 20.8. The normalized spacial score (nSPS) is 25.0. The van der Waals surface area contributed by atoms with Gasteiger partial charge < -0.3 is 19.4 Å². The van der Waals surface area contributed by atoms with Crippen LogP contribution in [0, 0.1) is 11.8 Å². The number of carbonyl (C=O) groups excluding carboxylic acids is 3. The fourth-order valence-corrected chi connectivity index (χ4v) is 4.71. The number of aryl methyl sites for hydroxylation is 1. The fourth-order valence-electron chi connectivity index (χ4n) is 4.71. The van der Waals surface area contributed by atoms with Crippen molar-refractivity contribution >= 4 is 23.4 Å². The van der Waals surface area contributed by atoms with E-state index in [9.17, 15) is 14.4 Å². The zero-order chi connectivity index (χ0) is 21.1. The molecular formula is C23H31N3O4. The van der Waals surface area contributed by atoms with Gasteiger partial charge in [0.25, 0.3) is 0 Å². The Morgan fingerprint density at radius 3 is 2.37 bits per heavy atom. The van der Waals surface area contributed by atoms with Crippen LogP contribution < -0.4 is 4.90 Å². The van der Waals surface area contributed by atoms with Gasteiger partial charge in [0.05, 0.1) is 25.0 Å². The summed E-state index contributed by atoms with van der Waals surface area (Å²) in [6.45, 7) is 6.08. The first-order valence-corrected chi connectivity index (χ1v) is 11.1. The molecule has 3 saturated heterocycles. The average Bonchev–Trinajstić information content (AvgIpc) is 3.20. The van der Waals surface area contributed by atoms with Crippen molar-refractivity contribution in [2.75, 3.05) is 50.8 Å². The summed E-state index contributed by atoms with van der Waals surface area (Å²) in [5.74, 6) is -0.335. The van der Waals surface area contributed by atoms with Crippen molar-refractivity contribution in [3.05, 3.63) is 29.8 Å². The topological polar surface area (TPSA) is 70.2 Å². The summed E-state index contributed by atoms with van der Waals surface area (Å²) in [4.78, 5) is 44.0. The molecule has 3 amide bonds. The van der Waals surface area contributed by atoms with Crippen LogP contribution in [-0.2, 0) is 25.5 Å². The van der Waals surface area contributed by atoms with E-state index in [1.807, 2.05) is 34.1 Å². The number of hydrogen-bond acceptors (Lipinski definition) is 4. The van der Waals surface area contributed by atoms with Gasteiger partial charge in [0, 0.05) is 44.8 Å². The number of nitrogens with zero attached hydrogens (tertiary/aromatic N) is 3. The number of anilines is 1.